The smallest absolute Gasteiger partial charge is 0.234 e. The molecule has 0 aliphatic rings. The second-order valence-corrected chi connectivity index (χ2v) is 9.70. The largest absolute Gasteiger partial charge is 0.330 e. The van der Waals surface area contributed by atoms with Gasteiger partial charge in [0.1, 0.15) is 0 Å². The highest BCUT2D eigenvalue weighted by Crippen LogP contribution is 2.29. The third-order valence-electron chi connectivity index (χ3n) is 4.71. The van der Waals surface area contributed by atoms with Crippen LogP contribution in [0.25, 0.3) is 5.69 Å². The third-order valence-corrected chi connectivity index (χ3v) is 7.09. The summed E-state index contributed by atoms with van der Waals surface area (Å²) in [6.45, 7) is 5.78. The lowest BCUT2D eigenvalue weighted by atomic mass is 10.2. The van der Waals surface area contributed by atoms with E-state index < -0.39 is 0 Å². The number of anilines is 3. The lowest BCUT2D eigenvalue weighted by Gasteiger charge is -2.06. The van der Waals surface area contributed by atoms with E-state index in [1.54, 1.807) is 0 Å². The van der Waals surface area contributed by atoms with Crippen LogP contribution >= 0.6 is 34.7 Å². The fourth-order valence-corrected chi connectivity index (χ4v) is 4.81. The summed E-state index contributed by atoms with van der Waals surface area (Å²) in [5, 5.41) is 20.4. The lowest BCUT2D eigenvalue weighted by Crippen LogP contribution is -2.15. The summed E-state index contributed by atoms with van der Waals surface area (Å²) in [7, 11) is 0. The summed E-state index contributed by atoms with van der Waals surface area (Å²) >= 11 is 8.89. The van der Waals surface area contributed by atoms with Gasteiger partial charge in [-0.1, -0.05) is 59.0 Å². The molecular weight excluding hydrogens is 464 g/mol. The predicted octanol–water partition coefficient (Wildman–Crippen LogP) is 5.78. The highest BCUT2D eigenvalue weighted by atomic mass is 35.5. The van der Waals surface area contributed by atoms with Crippen LogP contribution in [0.15, 0.2) is 52.9 Å². The Balaban J connectivity index is 1.36. The minimum absolute atomic E-state index is 0.121. The zero-order valence-corrected chi connectivity index (χ0v) is 20.1. The molecule has 32 heavy (non-hydrogen) atoms. The number of amides is 1. The maximum atomic E-state index is 12.6. The van der Waals surface area contributed by atoms with E-state index in [0.29, 0.717) is 14.5 Å². The van der Waals surface area contributed by atoms with Crippen molar-refractivity contribution < 1.29 is 4.79 Å². The van der Waals surface area contributed by atoms with Gasteiger partial charge >= 0.3 is 0 Å². The normalized spacial score (nSPS) is 10.9. The molecule has 0 unspecified atom stereocenters. The van der Waals surface area contributed by atoms with Crippen molar-refractivity contribution in [3.05, 3.63) is 70.5 Å². The Morgan fingerprint density at radius 1 is 1.12 bits per heavy atom. The first-order chi connectivity index (χ1) is 15.4. The first-order valence-corrected chi connectivity index (χ1v) is 12.0. The molecule has 4 aromatic rings. The Labute approximate surface area is 199 Å². The van der Waals surface area contributed by atoms with Gasteiger partial charge in [0.05, 0.1) is 28.5 Å². The molecule has 10 heteroatoms. The van der Waals surface area contributed by atoms with E-state index in [-0.39, 0.29) is 11.7 Å². The Morgan fingerprint density at radius 2 is 1.91 bits per heavy atom. The molecule has 0 aliphatic heterocycles. The summed E-state index contributed by atoms with van der Waals surface area (Å²) in [4.78, 5) is 12.6. The summed E-state index contributed by atoms with van der Waals surface area (Å²) < 4.78 is 2.53. The molecule has 164 valence electrons. The van der Waals surface area contributed by atoms with Crippen molar-refractivity contribution >= 4 is 57.1 Å². The van der Waals surface area contributed by atoms with Crippen LogP contribution in [0, 0.1) is 20.8 Å². The standard InChI is InChI=1S/C22H21ClN6OS2/c1-13-9-10-16(11-18(13)23)24-21-26-27-22(32-21)31-12-19(30)25-20-14(2)28-29(15(20)3)17-7-5-4-6-8-17/h4-11H,12H2,1-3H3,(H,24,26)(H,25,30). The van der Waals surface area contributed by atoms with Gasteiger partial charge in [-0.25, -0.2) is 4.68 Å². The molecule has 0 fully saturated rings. The number of para-hydroxylation sites is 1. The number of hydrogen-bond donors (Lipinski definition) is 2. The van der Waals surface area contributed by atoms with Crippen molar-refractivity contribution in [1.29, 1.82) is 0 Å². The van der Waals surface area contributed by atoms with E-state index in [2.05, 4.69) is 25.9 Å². The number of nitrogens with zero attached hydrogens (tertiary/aromatic N) is 4. The molecule has 2 heterocycles. The van der Waals surface area contributed by atoms with Gasteiger partial charge in [-0.3, -0.25) is 4.79 Å². The molecule has 2 aromatic heterocycles. The Bertz CT molecular complexity index is 1250. The van der Waals surface area contributed by atoms with Crippen molar-refractivity contribution in [2.45, 2.75) is 25.1 Å². The maximum Gasteiger partial charge on any atom is 0.234 e. The van der Waals surface area contributed by atoms with E-state index in [1.165, 1.54) is 23.1 Å². The van der Waals surface area contributed by atoms with Gasteiger partial charge in [-0.05, 0) is 50.6 Å². The highest BCUT2D eigenvalue weighted by molar-refractivity contribution is 8.01. The van der Waals surface area contributed by atoms with Crippen LogP contribution in [0.4, 0.5) is 16.5 Å². The molecular formula is C22H21ClN6OS2. The fourth-order valence-electron chi connectivity index (χ4n) is 3.06. The Kier molecular flexibility index (Phi) is 6.78. The Hall–Kier alpha value is -2.88. The zero-order valence-electron chi connectivity index (χ0n) is 17.7. The van der Waals surface area contributed by atoms with Crippen molar-refractivity contribution in [3.8, 4) is 5.69 Å². The monoisotopic (exact) mass is 484 g/mol. The van der Waals surface area contributed by atoms with Gasteiger partial charge in [0.15, 0.2) is 4.34 Å². The summed E-state index contributed by atoms with van der Waals surface area (Å²) in [6.07, 6.45) is 0. The van der Waals surface area contributed by atoms with Crippen LogP contribution in [-0.4, -0.2) is 31.6 Å². The van der Waals surface area contributed by atoms with Crippen molar-refractivity contribution in [3.63, 3.8) is 0 Å². The lowest BCUT2D eigenvalue weighted by molar-refractivity contribution is -0.113. The van der Waals surface area contributed by atoms with Crippen molar-refractivity contribution in [2.75, 3.05) is 16.4 Å². The maximum absolute atomic E-state index is 12.6. The van der Waals surface area contributed by atoms with Crippen LogP contribution in [0.3, 0.4) is 0 Å². The number of benzene rings is 2. The SMILES string of the molecule is Cc1ccc(Nc2nnc(SCC(=O)Nc3c(C)nn(-c4ccccc4)c3C)s2)cc1Cl. The zero-order chi connectivity index (χ0) is 22.7. The molecule has 0 saturated heterocycles. The van der Waals surface area contributed by atoms with Gasteiger partial charge in [0, 0.05) is 10.7 Å². The molecule has 1 amide bonds. The van der Waals surface area contributed by atoms with Crippen LogP contribution in [0.2, 0.25) is 5.02 Å². The summed E-state index contributed by atoms with van der Waals surface area (Å²) in [5.41, 5.74) is 5.18. The molecule has 0 aliphatic carbocycles. The minimum atomic E-state index is -0.121. The van der Waals surface area contributed by atoms with Crippen LogP contribution in [0.5, 0.6) is 0 Å². The van der Waals surface area contributed by atoms with Gasteiger partial charge in [-0.2, -0.15) is 5.10 Å². The second-order valence-electron chi connectivity index (χ2n) is 7.09. The fraction of sp³-hybridized carbons (Fsp3) is 0.182. The quantitative estimate of drug-likeness (QED) is 0.323. The van der Waals surface area contributed by atoms with Crippen molar-refractivity contribution in [2.24, 2.45) is 0 Å². The van der Waals surface area contributed by atoms with E-state index in [9.17, 15) is 4.79 Å². The number of rotatable bonds is 7. The average molecular weight is 485 g/mol. The number of halogens is 1. The average Bonchev–Trinajstić information content (AvgIpc) is 3.34. The van der Waals surface area contributed by atoms with E-state index in [1.807, 2.05) is 74.0 Å². The molecule has 2 aromatic carbocycles. The second kappa shape index (κ2) is 9.72. The van der Waals surface area contributed by atoms with Crippen molar-refractivity contribution in [1.82, 2.24) is 20.0 Å². The van der Waals surface area contributed by atoms with E-state index in [4.69, 9.17) is 11.6 Å². The first kappa shape index (κ1) is 22.3. The number of nitrogens with one attached hydrogen (secondary N) is 2. The number of thioether (sulfide) groups is 1. The number of aryl methyl sites for hydroxylation is 2. The molecule has 0 atom stereocenters. The first-order valence-electron chi connectivity index (χ1n) is 9.81. The molecule has 0 radical (unpaired) electrons. The van der Waals surface area contributed by atoms with Crippen LogP contribution in [-0.2, 0) is 4.79 Å². The number of carbonyl (C=O) groups excluding carboxylic acids is 1. The number of aromatic nitrogens is 4. The molecule has 7 nitrogen and oxygen atoms in total. The van der Waals surface area contributed by atoms with E-state index >= 15 is 0 Å². The van der Waals surface area contributed by atoms with Crippen LogP contribution < -0.4 is 10.6 Å². The number of hydrogen-bond acceptors (Lipinski definition) is 7. The third kappa shape index (κ3) is 5.12. The molecule has 4 rings (SSSR count). The van der Waals surface area contributed by atoms with E-state index in [0.717, 1.165) is 34.0 Å². The highest BCUT2D eigenvalue weighted by Gasteiger charge is 2.16. The molecule has 0 bridgehead atoms. The predicted molar refractivity (Wildman–Crippen MR) is 132 cm³/mol. The number of carbonyl (C=O) groups is 1. The topological polar surface area (TPSA) is 84.7 Å². The van der Waals surface area contributed by atoms with Gasteiger partial charge in [0.25, 0.3) is 0 Å². The van der Waals surface area contributed by atoms with Gasteiger partial charge in [0.2, 0.25) is 11.0 Å². The summed E-state index contributed by atoms with van der Waals surface area (Å²) in [6, 6.07) is 15.6. The summed E-state index contributed by atoms with van der Waals surface area (Å²) in [5.74, 6) is 0.101. The molecule has 2 N–H and O–H groups in total. The van der Waals surface area contributed by atoms with Gasteiger partial charge < -0.3 is 10.6 Å². The Morgan fingerprint density at radius 3 is 2.66 bits per heavy atom. The van der Waals surface area contributed by atoms with Crippen LogP contribution in [0.1, 0.15) is 17.0 Å². The molecule has 0 spiro atoms. The minimum Gasteiger partial charge on any atom is -0.330 e. The molecule has 0 saturated carbocycles. The van der Waals surface area contributed by atoms with Gasteiger partial charge in [-0.15, -0.1) is 10.2 Å².